The second-order valence-electron chi connectivity index (χ2n) is 7.08. The molecule has 3 aromatic rings. The molecular weight excluding hydrogens is 412 g/mol. The lowest BCUT2D eigenvalue weighted by Crippen LogP contribution is -2.29. The van der Waals surface area contributed by atoms with Crippen LogP contribution in [0.2, 0.25) is 0 Å². The molecule has 0 radical (unpaired) electrons. The first-order valence-electron chi connectivity index (χ1n) is 9.67. The molecule has 160 valence electrons. The molecule has 1 aliphatic rings. The third kappa shape index (κ3) is 3.58. The molecule has 1 atom stereocenters. The smallest absolute Gasteiger partial charge is 0.300 e. The Morgan fingerprint density at radius 1 is 0.969 bits per heavy atom. The predicted molar refractivity (Wildman–Crippen MR) is 117 cm³/mol. The van der Waals surface area contributed by atoms with E-state index in [4.69, 9.17) is 4.74 Å². The lowest BCUT2D eigenvalue weighted by molar-refractivity contribution is -0.384. The molecule has 0 spiro atoms. The van der Waals surface area contributed by atoms with Crippen LogP contribution in [-0.4, -0.2) is 28.8 Å². The highest BCUT2D eigenvalue weighted by atomic mass is 16.6. The van der Waals surface area contributed by atoms with Gasteiger partial charge in [0.05, 0.1) is 23.6 Å². The standard InChI is InChI=1S/C24H18N2O6/c1-32-19-13-9-15(10-14-19)21-20(22(27)16-7-11-18(12-8-16)26(30)31)23(28)24(29)25(21)17-5-3-2-4-6-17/h2-14,21,27H,1H3. The molecule has 1 N–H and O–H groups in total. The largest absolute Gasteiger partial charge is 0.507 e. The minimum absolute atomic E-state index is 0.0992. The first kappa shape index (κ1) is 20.8. The van der Waals surface area contributed by atoms with E-state index in [1.54, 1.807) is 54.6 Å². The second-order valence-corrected chi connectivity index (χ2v) is 7.08. The fourth-order valence-corrected chi connectivity index (χ4v) is 3.69. The summed E-state index contributed by atoms with van der Waals surface area (Å²) in [4.78, 5) is 37.8. The van der Waals surface area contributed by atoms with Crippen LogP contribution in [0.1, 0.15) is 17.2 Å². The van der Waals surface area contributed by atoms with Crippen molar-refractivity contribution in [2.75, 3.05) is 12.0 Å². The number of benzene rings is 3. The number of hydrogen-bond donors (Lipinski definition) is 1. The van der Waals surface area contributed by atoms with Crippen molar-refractivity contribution in [2.24, 2.45) is 0 Å². The molecule has 32 heavy (non-hydrogen) atoms. The average Bonchev–Trinajstić information content (AvgIpc) is 3.09. The third-order valence-electron chi connectivity index (χ3n) is 5.26. The number of nitro benzene ring substituents is 1. The predicted octanol–water partition coefficient (Wildman–Crippen LogP) is 4.23. The molecule has 1 aliphatic heterocycles. The highest BCUT2D eigenvalue weighted by molar-refractivity contribution is 6.51. The van der Waals surface area contributed by atoms with Crippen molar-refractivity contribution in [3.63, 3.8) is 0 Å². The van der Waals surface area contributed by atoms with Gasteiger partial charge in [-0.3, -0.25) is 24.6 Å². The van der Waals surface area contributed by atoms with Gasteiger partial charge in [0.1, 0.15) is 11.5 Å². The van der Waals surface area contributed by atoms with E-state index in [0.717, 1.165) is 0 Å². The first-order chi connectivity index (χ1) is 15.4. The van der Waals surface area contributed by atoms with Crippen LogP contribution in [-0.2, 0) is 9.59 Å². The van der Waals surface area contributed by atoms with Crippen LogP contribution in [0.25, 0.3) is 5.76 Å². The van der Waals surface area contributed by atoms with E-state index in [1.165, 1.54) is 36.3 Å². The van der Waals surface area contributed by atoms with Crippen LogP contribution in [0.5, 0.6) is 5.75 Å². The maximum atomic E-state index is 13.0. The summed E-state index contributed by atoms with van der Waals surface area (Å²) in [5, 5.41) is 22.0. The van der Waals surface area contributed by atoms with Gasteiger partial charge < -0.3 is 9.84 Å². The van der Waals surface area contributed by atoms with Crippen molar-refractivity contribution >= 4 is 28.8 Å². The number of rotatable bonds is 5. The van der Waals surface area contributed by atoms with Gasteiger partial charge in [0.2, 0.25) is 0 Å². The van der Waals surface area contributed by atoms with E-state index in [0.29, 0.717) is 17.0 Å². The van der Waals surface area contributed by atoms with Gasteiger partial charge >= 0.3 is 0 Å². The Labute approximate surface area is 183 Å². The van der Waals surface area contributed by atoms with Crippen molar-refractivity contribution in [1.29, 1.82) is 0 Å². The number of ether oxygens (including phenoxy) is 1. The Balaban J connectivity index is 1.90. The molecule has 3 aromatic carbocycles. The molecule has 1 heterocycles. The number of amides is 1. The highest BCUT2D eigenvalue weighted by Crippen LogP contribution is 2.42. The van der Waals surface area contributed by atoms with Gasteiger partial charge in [0, 0.05) is 23.4 Å². The second kappa shape index (κ2) is 8.35. The SMILES string of the molecule is COc1ccc(C2C(=C(O)c3ccc([N+](=O)[O-])cc3)C(=O)C(=O)N2c2ccccc2)cc1. The zero-order valence-corrected chi connectivity index (χ0v) is 17.0. The van der Waals surface area contributed by atoms with Gasteiger partial charge in [0.15, 0.2) is 0 Å². The van der Waals surface area contributed by atoms with E-state index in [2.05, 4.69) is 0 Å². The average molecular weight is 430 g/mol. The fourth-order valence-electron chi connectivity index (χ4n) is 3.69. The van der Waals surface area contributed by atoms with Gasteiger partial charge in [-0.05, 0) is 42.0 Å². The summed E-state index contributed by atoms with van der Waals surface area (Å²) in [7, 11) is 1.53. The first-order valence-corrected chi connectivity index (χ1v) is 9.67. The van der Waals surface area contributed by atoms with Crippen molar-refractivity contribution in [1.82, 2.24) is 0 Å². The van der Waals surface area contributed by atoms with Gasteiger partial charge in [-0.15, -0.1) is 0 Å². The minimum Gasteiger partial charge on any atom is -0.507 e. The zero-order valence-electron chi connectivity index (χ0n) is 17.0. The van der Waals surface area contributed by atoms with Crippen LogP contribution in [0, 0.1) is 10.1 Å². The Morgan fingerprint density at radius 2 is 1.59 bits per heavy atom. The van der Waals surface area contributed by atoms with E-state index < -0.39 is 28.4 Å². The van der Waals surface area contributed by atoms with Crippen molar-refractivity contribution < 1.29 is 24.4 Å². The van der Waals surface area contributed by atoms with Gasteiger partial charge in [0.25, 0.3) is 17.4 Å². The fraction of sp³-hybridized carbons (Fsp3) is 0.0833. The maximum absolute atomic E-state index is 13.0. The van der Waals surface area contributed by atoms with Crippen LogP contribution in [0.4, 0.5) is 11.4 Å². The van der Waals surface area contributed by atoms with E-state index >= 15 is 0 Å². The number of nitrogens with zero attached hydrogens (tertiary/aromatic N) is 2. The number of anilines is 1. The van der Waals surface area contributed by atoms with Crippen LogP contribution >= 0.6 is 0 Å². The number of ketones is 1. The number of non-ortho nitro benzene ring substituents is 1. The Hall–Kier alpha value is -4.46. The number of carbonyl (C=O) groups is 2. The van der Waals surface area contributed by atoms with Crippen molar-refractivity contribution in [3.05, 3.63) is 106 Å². The zero-order chi connectivity index (χ0) is 22.8. The Kier molecular flexibility index (Phi) is 5.43. The summed E-state index contributed by atoms with van der Waals surface area (Å²) in [5.74, 6) is -1.43. The number of carbonyl (C=O) groups excluding carboxylic acids is 2. The molecular formula is C24H18N2O6. The van der Waals surface area contributed by atoms with E-state index in [1.807, 2.05) is 0 Å². The summed E-state index contributed by atoms with van der Waals surface area (Å²) in [5.41, 5.74) is 1.03. The van der Waals surface area contributed by atoms with Gasteiger partial charge in [-0.1, -0.05) is 30.3 Å². The summed E-state index contributed by atoms with van der Waals surface area (Å²) in [6, 6.07) is 19.8. The number of hydrogen-bond acceptors (Lipinski definition) is 6. The number of aliphatic hydroxyl groups excluding tert-OH is 1. The van der Waals surface area contributed by atoms with E-state index in [9.17, 15) is 24.8 Å². The summed E-state index contributed by atoms with van der Waals surface area (Å²) in [6.07, 6.45) is 0. The molecule has 1 fully saturated rings. The lowest BCUT2D eigenvalue weighted by Gasteiger charge is -2.25. The molecule has 1 amide bonds. The molecule has 0 aromatic heterocycles. The summed E-state index contributed by atoms with van der Waals surface area (Å²) < 4.78 is 5.20. The topological polar surface area (TPSA) is 110 Å². The lowest BCUT2D eigenvalue weighted by atomic mass is 9.95. The minimum atomic E-state index is -0.890. The van der Waals surface area contributed by atoms with Crippen LogP contribution in [0.3, 0.4) is 0 Å². The number of methoxy groups -OCH3 is 1. The van der Waals surface area contributed by atoms with Crippen LogP contribution < -0.4 is 9.64 Å². The molecule has 0 bridgehead atoms. The summed E-state index contributed by atoms with van der Waals surface area (Å²) >= 11 is 0. The van der Waals surface area contributed by atoms with Crippen LogP contribution in [0.15, 0.2) is 84.4 Å². The number of para-hydroxylation sites is 1. The molecule has 0 saturated carbocycles. The third-order valence-corrected chi connectivity index (χ3v) is 5.26. The molecule has 8 nitrogen and oxygen atoms in total. The number of Topliss-reactive ketones (excluding diaryl/α,β-unsaturated/α-hetero) is 1. The molecule has 1 saturated heterocycles. The molecule has 0 aliphatic carbocycles. The van der Waals surface area contributed by atoms with Gasteiger partial charge in [-0.2, -0.15) is 0 Å². The number of aliphatic hydroxyl groups is 1. The monoisotopic (exact) mass is 430 g/mol. The Morgan fingerprint density at radius 3 is 2.16 bits per heavy atom. The molecule has 1 unspecified atom stereocenters. The maximum Gasteiger partial charge on any atom is 0.300 e. The number of nitro groups is 1. The molecule has 8 heteroatoms. The summed E-state index contributed by atoms with van der Waals surface area (Å²) in [6.45, 7) is 0. The van der Waals surface area contributed by atoms with Gasteiger partial charge in [-0.25, -0.2) is 0 Å². The van der Waals surface area contributed by atoms with Crippen molar-refractivity contribution in [2.45, 2.75) is 6.04 Å². The highest BCUT2D eigenvalue weighted by Gasteiger charge is 2.46. The molecule has 4 rings (SSSR count). The Bertz CT molecular complexity index is 1220. The van der Waals surface area contributed by atoms with Crippen molar-refractivity contribution in [3.8, 4) is 5.75 Å². The normalized spacial score (nSPS) is 17.4. The quantitative estimate of drug-likeness (QED) is 0.213. The van der Waals surface area contributed by atoms with E-state index in [-0.39, 0.29) is 16.8 Å².